The molecule has 0 aliphatic carbocycles. The topological polar surface area (TPSA) is 100 Å². The zero-order valence-electron chi connectivity index (χ0n) is 13.3. The fourth-order valence-corrected chi connectivity index (χ4v) is 3.89. The Kier molecular flexibility index (Phi) is 5.13. The number of aromatic nitrogens is 1. The Balaban J connectivity index is 2.08. The number of pyridine rings is 1. The Bertz CT molecular complexity index is 1100. The number of fused-ring (bicyclic) bond motifs is 1. The van der Waals surface area contributed by atoms with E-state index in [4.69, 9.17) is 32.7 Å². The zero-order chi connectivity index (χ0) is 19.0. The molecule has 3 rings (SSSR count). The van der Waals surface area contributed by atoms with Crippen LogP contribution in [0.1, 0.15) is 33.6 Å². The third-order valence-corrected chi connectivity index (χ3v) is 5.26. The molecule has 0 fully saturated rings. The van der Waals surface area contributed by atoms with Crippen LogP contribution < -0.4 is 5.43 Å². The Morgan fingerprint density at radius 1 is 1.19 bits per heavy atom. The maximum Gasteiger partial charge on any atom is 0.371 e. The second kappa shape index (κ2) is 7.19. The maximum absolute atomic E-state index is 12.8. The fraction of sp³-hybridized carbons (Fsp3) is 0.118. The first-order valence-electron chi connectivity index (χ1n) is 7.29. The number of nitrogens with one attached hydrogen (secondary N) is 1. The predicted octanol–water partition coefficient (Wildman–Crippen LogP) is 4.62. The third kappa shape index (κ3) is 3.38. The number of aromatic amines is 1. The molecule has 0 radical (unpaired) electrons. The van der Waals surface area contributed by atoms with E-state index in [2.05, 4.69) is 4.98 Å². The lowest BCUT2D eigenvalue weighted by Crippen LogP contribution is -2.17. The summed E-state index contributed by atoms with van der Waals surface area (Å²) < 4.78 is 5.18. The van der Waals surface area contributed by atoms with E-state index in [0.717, 1.165) is 11.8 Å². The van der Waals surface area contributed by atoms with Gasteiger partial charge >= 0.3 is 5.97 Å². The summed E-state index contributed by atoms with van der Waals surface area (Å²) in [5.74, 6) is -1.18. The summed E-state index contributed by atoms with van der Waals surface area (Å²) in [6, 6.07) is 5.90. The number of Topliss-reactive ketones (excluding diaryl/α,β-unsaturated/α-hetero) is 1. The summed E-state index contributed by atoms with van der Waals surface area (Å²) in [6.07, 6.45) is 0. The molecular formula is C17H11Cl2NO5S. The highest BCUT2D eigenvalue weighted by molar-refractivity contribution is 7.98. The molecule has 0 saturated heterocycles. The molecule has 6 nitrogen and oxygen atoms in total. The molecule has 2 aromatic heterocycles. The van der Waals surface area contributed by atoms with E-state index in [0.29, 0.717) is 21.3 Å². The van der Waals surface area contributed by atoms with Crippen LogP contribution in [0.5, 0.6) is 0 Å². The Morgan fingerprint density at radius 3 is 2.50 bits per heavy atom. The average molecular weight is 412 g/mol. The van der Waals surface area contributed by atoms with E-state index in [1.165, 1.54) is 25.1 Å². The number of rotatable bonds is 5. The zero-order valence-corrected chi connectivity index (χ0v) is 15.6. The normalized spacial score (nSPS) is 11.0. The molecule has 0 saturated carbocycles. The van der Waals surface area contributed by atoms with E-state index in [1.54, 1.807) is 6.07 Å². The summed E-state index contributed by atoms with van der Waals surface area (Å²) >= 11 is 13.4. The summed E-state index contributed by atoms with van der Waals surface area (Å²) in [5, 5.41) is 9.85. The number of ketones is 1. The molecule has 0 amide bonds. The van der Waals surface area contributed by atoms with Crippen molar-refractivity contribution in [3.63, 3.8) is 0 Å². The number of carbonyl (C=O) groups excluding carboxylic acids is 1. The predicted molar refractivity (Wildman–Crippen MR) is 99.8 cm³/mol. The SMILES string of the molecule is CC(=O)c1c(SCc2ccc(C(=O)O)o2)[nH]c2c(Cl)ccc(Cl)c2c1=O. The number of aromatic carboxylic acids is 1. The van der Waals surface area contributed by atoms with Crippen LogP contribution in [0.15, 0.2) is 38.5 Å². The highest BCUT2D eigenvalue weighted by Gasteiger charge is 2.20. The van der Waals surface area contributed by atoms with Gasteiger partial charge in [-0.1, -0.05) is 35.0 Å². The quantitative estimate of drug-likeness (QED) is 0.469. The summed E-state index contributed by atoms with van der Waals surface area (Å²) in [6.45, 7) is 1.29. The number of hydrogen-bond acceptors (Lipinski definition) is 5. The van der Waals surface area contributed by atoms with Gasteiger partial charge in [0.2, 0.25) is 11.2 Å². The minimum Gasteiger partial charge on any atom is -0.475 e. The third-order valence-electron chi connectivity index (χ3n) is 3.61. The van der Waals surface area contributed by atoms with Gasteiger partial charge in [-0.3, -0.25) is 9.59 Å². The summed E-state index contributed by atoms with van der Waals surface area (Å²) in [7, 11) is 0. The van der Waals surface area contributed by atoms with Gasteiger partial charge in [-0.25, -0.2) is 4.79 Å². The van der Waals surface area contributed by atoms with Gasteiger partial charge in [0.25, 0.3) is 0 Å². The monoisotopic (exact) mass is 411 g/mol. The Hall–Kier alpha value is -2.22. The first-order chi connectivity index (χ1) is 12.3. The molecule has 0 unspecified atom stereocenters. The van der Waals surface area contributed by atoms with Crippen LogP contribution in [0, 0.1) is 0 Å². The van der Waals surface area contributed by atoms with Gasteiger partial charge in [-0.15, -0.1) is 0 Å². The van der Waals surface area contributed by atoms with Gasteiger partial charge in [0.1, 0.15) is 5.76 Å². The van der Waals surface area contributed by atoms with E-state index < -0.39 is 17.2 Å². The van der Waals surface area contributed by atoms with Crippen molar-refractivity contribution in [1.82, 2.24) is 4.98 Å². The van der Waals surface area contributed by atoms with Crippen LogP contribution in [0.3, 0.4) is 0 Å². The Labute approximate surface area is 161 Å². The largest absolute Gasteiger partial charge is 0.475 e. The Morgan fingerprint density at radius 2 is 1.88 bits per heavy atom. The number of furan rings is 1. The standard InChI is InChI=1S/C17H11Cl2NO5S/c1-7(21)12-15(22)13-9(18)3-4-10(19)14(13)20-16(12)26-6-8-2-5-11(25-8)17(23)24/h2-5H,6H2,1H3,(H,20,22)(H,23,24). The summed E-state index contributed by atoms with van der Waals surface area (Å²) in [5.41, 5.74) is -0.203. The molecular weight excluding hydrogens is 401 g/mol. The molecule has 3 aromatic rings. The fourth-order valence-electron chi connectivity index (χ4n) is 2.44. The van der Waals surface area contributed by atoms with Gasteiger partial charge in [-0.05, 0) is 31.2 Å². The lowest BCUT2D eigenvalue weighted by molar-refractivity contribution is 0.0660. The van der Waals surface area contributed by atoms with Crippen LogP contribution in [0.2, 0.25) is 10.0 Å². The molecule has 26 heavy (non-hydrogen) atoms. The lowest BCUT2D eigenvalue weighted by atomic mass is 10.1. The molecule has 134 valence electrons. The number of hydrogen-bond donors (Lipinski definition) is 2. The van der Waals surface area contributed by atoms with Crippen molar-refractivity contribution < 1.29 is 19.1 Å². The van der Waals surface area contributed by atoms with Crippen LogP contribution >= 0.6 is 35.0 Å². The van der Waals surface area contributed by atoms with Gasteiger partial charge < -0.3 is 14.5 Å². The highest BCUT2D eigenvalue weighted by atomic mass is 35.5. The van der Waals surface area contributed by atoms with Gasteiger partial charge in [0.15, 0.2) is 5.78 Å². The van der Waals surface area contributed by atoms with Crippen molar-refractivity contribution in [2.75, 3.05) is 0 Å². The number of benzene rings is 1. The number of H-pyrrole nitrogens is 1. The highest BCUT2D eigenvalue weighted by Crippen LogP contribution is 2.31. The molecule has 0 bridgehead atoms. The van der Waals surface area contributed by atoms with E-state index >= 15 is 0 Å². The average Bonchev–Trinajstić information content (AvgIpc) is 3.05. The van der Waals surface area contributed by atoms with E-state index in [-0.39, 0.29) is 27.5 Å². The number of halogens is 2. The van der Waals surface area contributed by atoms with Gasteiger partial charge in [-0.2, -0.15) is 0 Å². The number of carbonyl (C=O) groups is 2. The van der Waals surface area contributed by atoms with E-state index in [1.807, 2.05) is 0 Å². The van der Waals surface area contributed by atoms with E-state index in [9.17, 15) is 14.4 Å². The lowest BCUT2D eigenvalue weighted by Gasteiger charge is -2.10. The van der Waals surface area contributed by atoms with Crippen molar-refractivity contribution in [2.24, 2.45) is 0 Å². The molecule has 9 heteroatoms. The van der Waals surface area contributed by atoms with Crippen LogP contribution in [-0.4, -0.2) is 21.8 Å². The molecule has 1 aromatic carbocycles. The number of thioether (sulfide) groups is 1. The van der Waals surface area contributed by atoms with Crippen LogP contribution in [-0.2, 0) is 5.75 Å². The van der Waals surface area contributed by atoms with Crippen molar-refractivity contribution in [1.29, 1.82) is 0 Å². The van der Waals surface area contributed by atoms with Crippen LogP contribution in [0.4, 0.5) is 0 Å². The first kappa shape index (κ1) is 18.6. The van der Waals surface area contributed by atoms with Gasteiger partial charge in [0, 0.05) is 0 Å². The second-order valence-corrected chi connectivity index (χ2v) is 7.15. The molecule has 0 atom stereocenters. The first-order valence-corrected chi connectivity index (χ1v) is 9.03. The minimum absolute atomic E-state index is 0.0309. The van der Waals surface area contributed by atoms with Crippen molar-refractivity contribution in [3.8, 4) is 0 Å². The number of carboxylic acid groups (broad SMARTS) is 1. The second-order valence-electron chi connectivity index (χ2n) is 5.35. The summed E-state index contributed by atoms with van der Waals surface area (Å²) in [4.78, 5) is 38.7. The smallest absolute Gasteiger partial charge is 0.371 e. The van der Waals surface area contributed by atoms with Crippen molar-refractivity contribution in [3.05, 3.63) is 61.6 Å². The van der Waals surface area contributed by atoms with Crippen molar-refractivity contribution >= 4 is 57.6 Å². The minimum atomic E-state index is -1.17. The molecule has 0 spiro atoms. The molecule has 2 heterocycles. The van der Waals surface area contributed by atoms with Gasteiger partial charge in [0.05, 0.1) is 37.3 Å². The van der Waals surface area contributed by atoms with Crippen molar-refractivity contribution in [2.45, 2.75) is 17.7 Å². The maximum atomic E-state index is 12.8. The van der Waals surface area contributed by atoms with Crippen LogP contribution in [0.25, 0.3) is 10.9 Å². The molecule has 2 N–H and O–H groups in total. The molecule has 0 aliphatic rings. The number of carboxylic acids is 1. The molecule has 0 aliphatic heterocycles.